The van der Waals surface area contributed by atoms with Crippen LogP contribution in [0.5, 0.6) is 0 Å². The van der Waals surface area contributed by atoms with E-state index in [0.717, 1.165) is 36.8 Å². The van der Waals surface area contributed by atoms with Crippen molar-refractivity contribution >= 4 is 17.7 Å². The summed E-state index contributed by atoms with van der Waals surface area (Å²) in [6.45, 7) is 0.891. The van der Waals surface area contributed by atoms with Crippen LogP contribution in [0.4, 0.5) is 4.39 Å². The Morgan fingerprint density at radius 2 is 1.69 bits per heavy atom. The molecule has 0 aliphatic heterocycles. The number of hydrogen-bond acceptors (Lipinski definition) is 6. The SMILES string of the molecule is O=C(CCCCCc1ccccc1)NCCn1cc(Cc2cncnc2)c(=O)nc1SCc1ccc(F)cc1. The minimum atomic E-state index is -0.309. The van der Waals surface area contributed by atoms with Crippen molar-refractivity contribution in [3.05, 3.63) is 118 Å². The fourth-order valence-corrected chi connectivity index (χ4v) is 5.07. The maximum atomic E-state index is 13.3. The summed E-state index contributed by atoms with van der Waals surface area (Å²) < 4.78 is 15.2. The number of thioether (sulfide) groups is 1. The summed E-state index contributed by atoms with van der Waals surface area (Å²) >= 11 is 1.40. The van der Waals surface area contributed by atoms with Gasteiger partial charge in [0.1, 0.15) is 12.1 Å². The fourth-order valence-electron chi connectivity index (χ4n) is 4.13. The van der Waals surface area contributed by atoms with Gasteiger partial charge >= 0.3 is 0 Å². The number of benzene rings is 2. The second kappa shape index (κ2) is 14.9. The quantitative estimate of drug-likeness (QED) is 0.137. The van der Waals surface area contributed by atoms with E-state index >= 15 is 0 Å². The lowest BCUT2D eigenvalue weighted by molar-refractivity contribution is -0.121. The summed E-state index contributed by atoms with van der Waals surface area (Å²) in [5.74, 6) is 0.263. The van der Waals surface area contributed by atoms with Crippen molar-refractivity contribution in [2.45, 2.75) is 56.0 Å². The van der Waals surface area contributed by atoms with Crippen molar-refractivity contribution in [2.24, 2.45) is 0 Å². The van der Waals surface area contributed by atoms with Crippen LogP contribution in [0.3, 0.4) is 0 Å². The fraction of sp³-hybridized carbons (Fsp3) is 0.300. The molecule has 4 aromatic rings. The van der Waals surface area contributed by atoms with E-state index in [0.29, 0.717) is 42.4 Å². The molecular formula is C30H32FN5O2S. The topological polar surface area (TPSA) is 89.8 Å². The summed E-state index contributed by atoms with van der Waals surface area (Å²) in [6, 6.07) is 16.6. The molecule has 0 fully saturated rings. The minimum Gasteiger partial charge on any atom is -0.354 e. The lowest BCUT2D eigenvalue weighted by Gasteiger charge is -2.14. The maximum absolute atomic E-state index is 13.3. The molecule has 0 aliphatic rings. The van der Waals surface area contributed by atoms with E-state index in [9.17, 15) is 14.0 Å². The predicted octanol–water partition coefficient (Wildman–Crippen LogP) is 4.97. The molecule has 1 N–H and O–H groups in total. The molecule has 0 aliphatic carbocycles. The highest BCUT2D eigenvalue weighted by Gasteiger charge is 2.12. The molecule has 0 saturated heterocycles. The molecule has 4 rings (SSSR count). The van der Waals surface area contributed by atoms with Crippen LogP contribution in [0.1, 0.15) is 47.9 Å². The van der Waals surface area contributed by atoms with Gasteiger partial charge in [-0.05, 0) is 48.1 Å². The summed E-state index contributed by atoms with van der Waals surface area (Å²) in [5.41, 5.74) is 3.28. The van der Waals surface area contributed by atoms with Crippen LogP contribution in [0, 0.1) is 5.82 Å². The molecule has 0 atom stereocenters. The number of unbranched alkanes of at least 4 members (excludes halogenated alkanes) is 2. The van der Waals surface area contributed by atoms with E-state index in [1.807, 2.05) is 22.8 Å². The van der Waals surface area contributed by atoms with E-state index in [1.165, 1.54) is 35.8 Å². The van der Waals surface area contributed by atoms with E-state index < -0.39 is 0 Å². The van der Waals surface area contributed by atoms with Crippen molar-refractivity contribution in [3.8, 4) is 0 Å². The number of carbonyl (C=O) groups excluding carboxylic acids is 1. The van der Waals surface area contributed by atoms with Crippen molar-refractivity contribution in [1.29, 1.82) is 0 Å². The molecule has 1 amide bonds. The molecule has 2 heterocycles. The molecule has 39 heavy (non-hydrogen) atoms. The Hall–Kier alpha value is -3.85. The third-order valence-corrected chi connectivity index (χ3v) is 7.27. The third kappa shape index (κ3) is 9.44. The molecule has 2 aromatic carbocycles. The van der Waals surface area contributed by atoms with E-state index in [1.54, 1.807) is 30.7 Å². The van der Waals surface area contributed by atoms with Gasteiger partial charge in [0.25, 0.3) is 5.56 Å². The number of rotatable bonds is 14. The van der Waals surface area contributed by atoms with Crippen molar-refractivity contribution < 1.29 is 9.18 Å². The summed E-state index contributed by atoms with van der Waals surface area (Å²) in [7, 11) is 0. The Balaban J connectivity index is 1.32. The monoisotopic (exact) mass is 545 g/mol. The van der Waals surface area contributed by atoms with Gasteiger partial charge in [0.15, 0.2) is 5.16 Å². The zero-order valence-corrected chi connectivity index (χ0v) is 22.6. The third-order valence-electron chi connectivity index (χ3n) is 6.21. The van der Waals surface area contributed by atoms with Gasteiger partial charge in [-0.2, -0.15) is 4.98 Å². The number of carbonyl (C=O) groups is 1. The first-order valence-corrected chi connectivity index (χ1v) is 14.1. The lowest BCUT2D eigenvalue weighted by Crippen LogP contribution is -2.28. The van der Waals surface area contributed by atoms with E-state index in [4.69, 9.17) is 0 Å². The number of aryl methyl sites for hydroxylation is 1. The Morgan fingerprint density at radius 1 is 0.923 bits per heavy atom. The Labute approximate surface area is 232 Å². The number of amides is 1. The van der Waals surface area contributed by atoms with Crippen LogP contribution in [-0.4, -0.2) is 32.0 Å². The van der Waals surface area contributed by atoms with E-state index in [-0.39, 0.29) is 17.3 Å². The highest BCUT2D eigenvalue weighted by Crippen LogP contribution is 2.21. The summed E-state index contributed by atoms with van der Waals surface area (Å²) in [6.07, 6.45) is 11.4. The molecule has 9 heteroatoms. The average Bonchev–Trinajstić information content (AvgIpc) is 2.95. The molecule has 202 valence electrons. The minimum absolute atomic E-state index is 0.0193. The van der Waals surface area contributed by atoms with Gasteiger partial charge < -0.3 is 9.88 Å². The van der Waals surface area contributed by atoms with Crippen LogP contribution in [0.15, 0.2) is 89.5 Å². The smallest absolute Gasteiger partial charge is 0.277 e. The Kier molecular flexibility index (Phi) is 10.8. The number of aromatic nitrogens is 4. The Bertz CT molecular complexity index is 1380. The van der Waals surface area contributed by atoms with E-state index in [2.05, 4.69) is 32.4 Å². The Morgan fingerprint density at radius 3 is 2.46 bits per heavy atom. The zero-order chi connectivity index (χ0) is 27.3. The van der Waals surface area contributed by atoms with Crippen molar-refractivity contribution in [2.75, 3.05) is 6.54 Å². The standard InChI is InChI=1S/C30H32FN5O2S/c31-27-13-11-24(12-14-27)21-39-30-35-29(38)26(17-25-18-32-22-33-19-25)20-36(30)16-15-34-28(37)10-6-2-5-9-23-7-3-1-4-8-23/h1,3-4,7-8,11-14,18-20,22H,2,5-6,9-10,15-17,21H2,(H,34,37). The highest BCUT2D eigenvalue weighted by atomic mass is 32.2. The average molecular weight is 546 g/mol. The van der Waals surface area contributed by atoms with Crippen LogP contribution in [-0.2, 0) is 29.9 Å². The predicted molar refractivity (Wildman–Crippen MR) is 151 cm³/mol. The largest absolute Gasteiger partial charge is 0.354 e. The molecule has 0 unspecified atom stereocenters. The first-order valence-electron chi connectivity index (χ1n) is 13.1. The van der Waals surface area contributed by atoms with Crippen LogP contribution in [0.2, 0.25) is 0 Å². The van der Waals surface area contributed by atoms with Gasteiger partial charge in [0, 0.05) is 55.8 Å². The zero-order valence-electron chi connectivity index (χ0n) is 21.8. The maximum Gasteiger partial charge on any atom is 0.277 e. The molecule has 0 saturated carbocycles. The summed E-state index contributed by atoms with van der Waals surface area (Å²) in [5, 5.41) is 3.54. The molecular weight excluding hydrogens is 513 g/mol. The highest BCUT2D eigenvalue weighted by molar-refractivity contribution is 7.98. The van der Waals surface area contributed by atoms with Gasteiger partial charge in [0.05, 0.1) is 0 Å². The van der Waals surface area contributed by atoms with Crippen LogP contribution < -0.4 is 10.9 Å². The van der Waals surface area contributed by atoms with Crippen molar-refractivity contribution in [1.82, 2.24) is 24.8 Å². The van der Waals surface area contributed by atoms with Gasteiger partial charge in [0.2, 0.25) is 5.91 Å². The number of nitrogens with one attached hydrogen (secondary N) is 1. The molecule has 0 bridgehead atoms. The number of halogens is 1. The first kappa shape index (κ1) is 28.2. The number of nitrogens with zero attached hydrogens (tertiary/aromatic N) is 4. The van der Waals surface area contributed by atoms with Gasteiger partial charge in [-0.25, -0.2) is 14.4 Å². The number of hydrogen-bond donors (Lipinski definition) is 1. The van der Waals surface area contributed by atoms with Crippen molar-refractivity contribution in [3.63, 3.8) is 0 Å². The lowest BCUT2D eigenvalue weighted by atomic mass is 10.1. The molecule has 0 radical (unpaired) electrons. The van der Waals surface area contributed by atoms with Crippen LogP contribution in [0.25, 0.3) is 0 Å². The second-order valence-electron chi connectivity index (χ2n) is 9.28. The van der Waals surface area contributed by atoms with Gasteiger partial charge in [-0.1, -0.05) is 60.6 Å². The second-order valence-corrected chi connectivity index (χ2v) is 10.2. The van der Waals surface area contributed by atoms with Gasteiger partial charge in [-0.15, -0.1) is 0 Å². The molecule has 7 nitrogen and oxygen atoms in total. The molecule has 2 aromatic heterocycles. The first-order chi connectivity index (χ1) is 19.1. The summed E-state index contributed by atoms with van der Waals surface area (Å²) in [4.78, 5) is 37.6. The van der Waals surface area contributed by atoms with Crippen LogP contribution >= 0.6 is 11.8 Å². The molecule has 0 spiro atoms. The van der Waals surface area contributed by atoms with Gasteiger partial charge in [-0.3, -0.25) is 9.59 Å². The normalized spacial score (nSPS) is 10.9.